The van der Waals surface area contributed by atoms with Gasteiger partial charge in [-0.15, -0.1) is 0 Å². The molecule has 6 nitrogen and oxygen atoms in total. The van der Waals surface area contributed by atoms with Crippen molar-refractivity contribution in [3.63, 3.8) is 0 Å². The summed E-state index contributed by atoms with van der Waals surface area (Å²) in [4.78, 5) is 21.7. The molecule has 0 amide bonds. The lowest BCUT2D eigenvalue weighted by atomic mass is 10.00. The molecule has 1 N–H and O–H groups in total. The number of aryl methyl sites for hydroxylation is 1. The number of hydrogen-bond donors (Lipinski definition) is 1. The Hall–Kier alpha value is -3.24. The molecule has 1 saturated heterocycles. The van der Waals surface area contributed by atoms with Crippen molar-refractivity contribution in [2.75, 3.05) is 6.54 Å². The largest absolute Gasteiger partial charge is 0.487 e. The number of pyridine rings is 2. The average molecular weight is 392 g/mol. The van der Waals surface area contributed by atoms with Gasteiger partial charge in [-0.2, -0.15) is 5.26 Å². The van der Waals surface area contributed by atoms with Crippen molar-refractivity contribution >= 4 is 11.0 Å². The van der Waals surface area contributed by atoms with Crippen LogP contribution in [-0.2, 0) is 13.0 Å². The third-order valence-corrected chi connectivity index (χ3v) is 5.47. The molecule has 0 spiro atoms. The summed E-state index contributed by atoms with van der Waals surface area (Å²) < 4.78 is 19.6. The maximum atomic E-state index is 13.7. The lowest BCUT2D eigenvalue weighted by Crippen LogP contribution is -2.60. The van der Waals surface area contributed by atoms with Gasteiger partial charge in [0.25, 0.3) is 5.56 Å². The molecule has 29 heavy (non-hydrogen) atoms. The van der Waals surface area contributed by atoms with Gasteiger partial charge in [0.05, 0.1) is 16.6 Å². The van der Waals surface area contributed by atoms with E-state index in [-0.39, 0.29) is 23.3 Å². The molecule has 1 aromatic carbocycles. The molecule has 0 aliphatic carbocycles. The Morgan fingerprint density at radius 3 is 2.90 bits per heavy atom. The van der Waals surface area contributed by atoms with Crippen molar-refractivity contribution < 1.29 is 9.13 Å². The third kappa shape index (κ3) is 3.71. The van der Waals surface area contributed by atoms with E-state index in [1.54, 1.807) is 12.1 Å². The maximum Gasteiger partial charge on any atom is 0.251 e. The minimum atomic E-state index is -0.573. The van der Waals surface area contributed by atoms with Crippen LogP contribution < -0.4 is 10.3 Å². The first-order chi connectivity index (χ1) is 14.0. The molecule has 148 valence electrons. The molecule has 0 unspecified atom stereocenters. The van der Waals surface area contributed by atoms with Crippen LogP contribution in [0.4, 0.5) is 4.39 Å². The van der Waals surface area contributed by atoms with E-state index in [1.807, 2.05) is 25.3 Å². The summed E-state index contributed by atoms with van der Waals surface area (Å²) in [5.74, 6) is -0.147. The Kier molecular flexibility index (Phi) is 5.03. The number of nitrogens with one attached hydrogen (secondary N) is 1. The van der Waals surface area contributed by atoms with Crippen molar-refractivity contribution in [3.8, 4) is 11.8 Å². The van der Waals surface area contributed by atoms with Crippen LogP contribution in [0.1, 0.15) is 30.5 Å². The molecule has 2 aromatic heterocycles. The monoisotopic (exact) mass is 392 g/mol. The Labute approximate surface area is 167 Å². The number of rotatable bonds is 5. The fourth-order valence-corrected chi connectivity index (χ4v) is 3.58. The zero-order chi connectivity index (χ0) is 20.5. The maximum absolute atomic E-state index is 13.7. The predicted octanol–water partition coefficient (Wildman–Crippen LogP) is 3.15. The van der Waals surface area contributed by atoms with E-state index < -0.39 is 5.82 Å². The lowest BCUT2D eigenvalue weighted by Gasteiger charge is -2.45. The zero-order valence-corrected chi connectivity index (χ0v) is 16.3. The van der Waals surface area contributed by atoms with Gasteiger partial charge >= 0.3 is 0 Å². The lowest BCUT2D eigenvalue weighted by molar-refractivity contribution is -0.0414. The van der Waals surface area contributed by atoms with Gasteiger partial charge in [-0.1, -0.05) is 6.92 Å². The number of halogens is 1. The van der Waals surface area contributed by atoms with Crippen LogP contribution in [0.15, 0.2) is 41.3 Å². The normalized spacial score (nSPS) is 19.0. The van der Waals surface area contributed by atoms with Gasteiger partial charge in [-0.25, -0.2) is 4.39 Å². The van der Waals surface area contributed by atoms with Gasteiger partial charge in [0.2, 0.25) is 0 Å². The van der Waals surface area contributed by atoms with E-state index in [0.29, 0.717) is 25.3 Å². The Morgan fingerprint density at radius 2 is 2.21 bits per heavy atom. The van der Waals surface area contributed by atoms with Crippen molar-refractivity contribution in [1.29, 1.82) is 5.26 Å². The zero-order valence-electron chi connectivity index (χ0n) is 16.3. The van der Waals surface area contributed by atoms with E-state index >= 15 is 0 Å². The van der Waals surface area contributed by atoms with Crippen molar-refractivity contribution in [2.24, 2.45) is 0 Å². The Balaban J connectivity index is 1.42. The van der Waals surface area contributed by atoms with E-state index in [2.05, 4.69) is 21.8 Å². The van der Waals surface area contributed by atoms with Crippen LogP contribution in [-0.4, -0.2) is 33.6 Å². The number of nitriles is 1. The topological polar surface area (TPSA) is 82.0 Å². The van der Waals surface area contributed by atoms with Gasteiger partial charge < -0.3 is 9.72 Å². The van der Waals surface area contributed by atoms with E-state index in [0.717, 1.165) is 22.2 Å². The predicted molar refractivity (Wildman–Crippen MR) is 107 cm³/mol. The standard InChI is InChI=1S/C22H21FN4O2/c1-3-15-7-19-20(26-22(15)28)6-14(10-25-19)11-27-12-21(13(27)2)29-17-5-4-16(9-24)18(23)8-17/h4-8,10,13,21H,3,11-12H2,1-2H3,(H,26,28)/t13-,21+/m1/s1. The summed E-state index contributed by atoms with van der Waals surface area (Å²) >= 11 is 0. The molecule has 0 radical (unpaired) electrons. The number of nitrogens with zero attached hydrogens (tertiary/aromatic N) is 3. The second-order valence-electron chi connectivity index (χ2n) is 7.33. The van der Waals surface area contributed by atoms with Gasteiger partial charge in [0.15, 0.2) is 0 Å². The Bertz CT molecular complexity index is 1170. The fourth-order valence-electron chi connectivity index (χ4n) is 3.58. The number of H-pyrrole nitrogens is 1. The second kappa shape index (κ2) is 7.64. The number of ether oxygens (including phenoxy) is 1. The highest BCUT2D eigenvalue weighted by Crippen LogP contribution is 2.27. The highest BCUT2D eigenvalue weighted by molar-refractivity contribution is 5.74. The molecule has 3 heterocycles. The summed E-state index contributed by atoms with van der Waals surface area (Å²) in [6.45, 7) is 5.38. The number of benzene rings is 1. The summed E-state index contributed by atoms with van der Waals surface area (Å²) in [5, 5.41) is 8.81. The fraction of sp³-hybridized carbons (Fsp3) is 0.318. The summed E-state index contributed by atoms with van der Waals surface area (Å²) in [7, 11) is 0. The molecule has 7 heteroatoms. The molecule has 3 aromatic rings. The molecule has 2 atom stereocenters. The van der Waals surface area contributed by atoms with Crippen LogP contribution in [0, 0.1) is 17.1 Å². The van der Waals surface area contributed by atoms with Crippen molar-refractivity contribution in [2.45, 2.75) is 39.0 Å². The van der Waals surface area contributed by atoms with E-state index in [4.69, 9.17) is 10.00 Å². The van der Waals surface area contributed by atoms with Gasteiger partial charge in [0, 0.05) is 37.0 Å². The molecular formula is C22H21FN4O2. The van der Waals surface area contributed by atoms with Crippen molar-refractivity contribution in [3.05, 3.63) is 69.4 Å². The number of aromatic amines is 1. The second-order valence-corrected chi connectivity index (χ2v) is 7.33. The van der Waals surface area contributed by atoms with Crippen molar-refractivity contribution in [1.82, 2.24) is 14.9 Å². The van der Waals surface area contributed by atoms with Crippen LogP contribution >= 0.6 is 0 Å². The van der Waals surface area contributed by atoms with Gasteiger partial charge in [0.1, 0.15) is 23.7 Å². The van der Waals surface area contributed by atoms with Gasteiger partial charge in [-0.05, 0) is 43.2 Å². The van der Waals surface area contributed by atoms with Crippen LogP contribution in [0.2, 0.25) is 0 Å². The summed E-state index contributed by atoms with van der Waals surface area (Å²) in [6.07, 6.45) is 2.45. The first-order valence-electron chi connectivity index (χ1n) is 9.59. The SMILES string of the molecule is CCc1cc2ncc(CN3C[C@H](Oc4ccc(C#N)c(F)c4)[C@H]3C)cc2[nH]c1=O. The third-order valence-electron chi connectivity index (χ3n) is 5.47. The molecule has 1 fully saturated rings. The minimum absolute atomic E-state index is 0.00791. The molecule has 0 saturated carbocycles. The quantitative estimate of drug-likeness (QED) is 0.721. The molecular weight excluding hydrogens is 371 g/mol. The molecule has 1 aliphatic rings. The van der Waals surface area contributed by atoms with E-state index in [9.17, 15) is 9.18 Å². The summed E-state index contributed by atoms with van der Waals surface area (Å²) in [6, 6.07) is 10.0. The van der Waals surface area contributed by atoms with Crippen LogP contribution in [0.25, 0.3) is 11.0 Å². The molecule has 1 aliphatic heterocycles. The first kappa shape index (κ1) is 19.1. The number of fused-ring (bicyclic) bond motifs is 1. The first-order valence-corrected chi connectivity index (χ1v) is 9.59. The van der Waals surface area contributed by atoms with Crippen LogP contribution in [0.5, 0.6) is 5.75 Å². The number of likely N-dealkylation sites (tertiary alicyclic amines) is 1. The van der Waals surface area contributed by atoms with Gasteiger partial charge in [-0.3, -0.25) is 14.7 Å². The Morgan fingerprint density at radius 1 is 1.38 bits per heavy atom. The number of aromatic nitrogens is 2. The van der Waals surface area contributed by atoms with Crippen LogP contribution in [0.3, 0.4) is 0 Å². The average Bonchev–Trinajstić information content (AvgIpc) is 2.72. The highest BCUT2D eigenvalue weighted by Gasteiger charge is 2.37. The number of hydrogen-bond acceptors (Lipinski definition) is 5. The minimum Gasteiger partial charge on any atom is -0.487 e. The van der Waals surface area contributed by atoms with E-state index in [1.165, 1.54) is 12.1 Å². The highest BCUT2D eigenvalue weighted by atomic mass is 19.1. The smallest absolute Gasteiger partial charge is 0.251 e. The molecule has 0 bridgehead atoms. The molecule has 4 rings (SSSR count). The summed E-state index contributed by atoms with van der Waals surface area (Å²) in [5.41, 5.74) is 3.19.